The molecule has 31 heavy (non-hydrogen) atoms. The van der Waals surface area contributed by atoms with Gasteiger partial charge in [0.2, 0.25) is 0 Å². The average Bonchev–Trinajstić information content (AvgIpc) is 3.22. The molecule has 0 aliphatic carbocycles. The second kappa shape index (κ2) is 8.93. The summed E-state index contributed by atoms with van der Waals surface area (Å²) in [5.74, 6) is 0.0433. The maximum atomic E-state index is 12.5. The van der Waals surface area contributed by atoms with Gasteiger partial charge in [0.25, 0.3) is 15.9 Å². The van der Waals surface area contributed by atoms with Crippen molar-refractivity contribution in [3.8, 4) is 5.75 Å². The van der Waals surface area contributed by atoms with E-state index in [1.807, 2.05) is 12.1 Å². The van der Waals surface area contributed by atoms with Crippen molar-refractivity contribution in [2.24, 2.45) is 0 Å². The second-order valence-corrected chi connectivity index (χ2v) is 9.45. The van der Waals surface area contributed by atoms with Crippen LogP contribution in [0, 0.1) is 0 Å². The number of hydrogen-bond acceptors (Lipinski definition) is 6. The maximum absolute atomic E-state index is 12.5. The standard InChI is InChI=1S/C21H16ClN3O4S2/c22-15-1-3-16(4-2-15)25-31(27,28)19-8-6-18(7-9-19)29-13-21(26)24-17-5-10-20-14(11-17)12-23-30-20/h1-12,25H,13H2,(H,24,26). The van der Waals surface area contributed by atoms with Crippen LogP contribution in [0.2, 0.25) is 5.02 Å². The molecule has 0 fully saturated rings. The molecule has 0 spiro atoms. The molecule has 0 bridgehead atoms. The fourth-order valence-corrected chi connectivity index (χ4v) is 4.55. The number of nitrogens with zero attached hydrogens (tertiary/aromatic N) is 1. The number of hydrogen-bond donors (Lipinski definition) is 2. The molecule has 0 unspecified atom stereocenters. The number of halogens is 1. The van der Waals surface area contributed by atoms with Crippen LogP contribution in [-0.2, 0) is 14.8 Å². The first kappa shape index (κ1) is 21.1. The molecule has 0 saturated heterocycles. The summed E-state index contributed by atoms with van der Waals surface area (Å²) in [5, 5.41) is 4.22. The zero-order valence-corrected chi connectivity index (χ0v) is 18.3. The van der Waals surface area contributed by atoms with Crippen molar-refractivity contribution >= 4 is 60.5 Å². The highest BCUT2D eigenvalue weighted by atomic mass is 35.5. The summed E-state index contributed by atoms with van der Waals surface area (Å²) < 4.78 is 38.0. The minimum absolute atomic E-state index is 0.0666. The number of fused-ring (bicyclic) bond motifs is 1. The van der Waals surface area contributed by atoms with Crippen LogP contribution in [0.5, 0.6) is 5.75 Å². The predicted octanol–water partition coefficient (Wildman–Crippen LogP) is 4.77. The number of aromatic nitrogens is 1. The third kappa shape index (κ3) is 5.32. The summed E-state index contributed by atoms with van der Waals surface area (Å²) in [6.07, 6.45) is 1.74. The van der Waals surface area contributed by atoms with Crippen molar-refractivity contribution in [1.29, 1.82) is 0 Å². The Kier molecular flexibility index (Phi) is 6.08. The van der Waals surface area contributed by atoms with Gasteiger partial charge in [-0.15, -0.1) is 0 Å². The monoisotopic (exact) mass is 473 g/mol. The smallest absolute Gasteiger partial charge is 0.262 e. The highest BCUT2D eigenvalue weighted by Gasteiger charge is 2.14. The van der Waals surface area contributed by atoms with Crippen LogP contribution in [-0.4, -0.2) is 25.3 Å². The lowest BCUT2D eigenvalue weighted by Gasteiger charge is -2.10. The lowest BCUT2D eigenvalue weighted by Crippen LogP contribution is -2.20. The number of sulfonamides is 1. The minimum atomic E-state index is -3.76. The first-order valence-corrected chi connectivity index (χ1v) is 11.7. The van der Waals surface area contributed by atoms with E-state index in [4.69, 9.17) is 16.3 Å². The Bertz CT molecular complexity index is 1320. The Morgan fingerprint density at radius 3 is 2.45 bits per heavy atom. The van der Waals surface area contributed by atoms with Gasteiger partial charge in [-0.25, -0.2) is 8.42 Å². The molecular weight excluding hydrogens is 458 g/mol. The summed E-state index contributed by atoms with van der Waals surface area (Å²) in [6, 6.07) is 17.7. The quantitative estimate of drug-likeness (QED) is 0.403. The third-order valence-electron chi connectivity index (χ3n) is 4.24. The molecular formula is C21H16ClN3O4S2. The van der Waals surface area contributed by atoms with E-state index >= 15 is 0 Å². The van der Waals surface area contributed by atoms with Crippen molar-refractivity contribution in [2.75, 3.05) is 16.6 Å². The van der Waals surface area contributed by atoms with Crippen LogP contribution in [0.1, 0.15) is 0 Å². The summed E-state index contributed by atoms with van der Waals surface area (Å²) in [5.41, 5.74) is 1.05. The van der Waals surface area contributed by atoms with Gasteiger partial charge >= 0.3 is 0 Å². The van der Waals surface area contributed by atoms with Gasteiger partial charge in [-0.1, -0.05) is 11.6 Å². The number of benzene rings is 3. The number of rotatable bonds is 7. The number of carbonyl (C=O) groups is 1. The molecule has 4 aromatic rings. The number of nitrogens with one attached hydrogen (secondary N) is 2. The van der Waals surface area contributed by atoms with Crippen molar-refractivity contribution in [1.82, 2.24) is 4.37 Å². The molecule has 1 amide bonds. The lowest BCUT2D eigenvalue weighted by atomic mass is 10.2. The molecule has 4 rings (SSSR count). The molecule has 0 atom stereocenters. The third-order valence-corrected chi connectivity index (χ3v) is 6.67. The number of carbonyl (C=O) groups excluding carboxylic acids is 1. The fourth-order valence-electron chi connectivity index (χ4n) is 2.74. The molecule has 10 heteroatoms. The van der Waals surface area contributed by atoms with Crippen LogP contribution in [0.4, 0.5) is 11.4 Å². The van der Waals surface area contributed by atoms with Gasteiger partial charge in [0, 0.05) is 28.0 Å². The van der Waals surface area contributed by atoms with E-state index in [9.17, 15) is 13.2 Å². The van der Waals surface area contributed by atoms with Crippen LogP contribution < -0.4 is 14.8 Å². The Hall–Kier alpha value is -3.14. The van der Waals surface area contributed by atoms with E-state index in [2.05, 4.69) is 14.4 Å². The Balaban J connectivity index is 1.34. The van der Waals surface area contributed by atoms with E-state index in [0.717, 1.165) is 10.1 Å². The molecule has 2 N–H and O–H groups in total. The maximum Gasteiger partial charge on any atom is 0.262 e. The van der Waals surface area contributed by atoms with Gasteiger partial charge in [0.05, 0.1) is 9.60 Å². The molecule has 158 valence electrons. The Morgan fingerprint density at radius 2 is 1.71 bits per heavy atom. The Morgan fingerprint density at radius 1 is 1.00 bits per heavy atom. The summed E-state index contributed by atoms with van der Waals surface area (Å²) >= 11 is 7.20. The highest BCUT2D eigenvalue weighted by Crippen LogP contribution is 2.23. The number of anilines is 2. The van der Waals surface area contributed by atoms with Crippen LogP contribution in [0.25, 0.3) is 10.1 Å². The molecule has 0 saturated carbocycles. The van der Waals surface area contributed by atoms with Gasteiger partial charge < -0.3 is 10.1 Å². The SMILES string of the molecule is O=C(COc1ccc(S(=O)(=O)Nc2ccc(Cl)cc2)cc1)Nc1ccc2sncc2c1. The predicted molar refractivity (Wildman–Crippen MR) is 122 cm³/mol. The van der Waals surface area contributed by atoms with Gasteiger partial charge in [-0.3, -0.25) is 9.52 Å². The van der Waals surface area contributed by atoms with E-state index in [-0.39, 0.29) is 17.4 Å². The van der Waals surface area contributed by atoms with E-state index in [1.54, 1.807) is 36.5 Å². The van der Waals surface area contributed by atoms with Crippen LogP contribution >= 0.6 is 23.1 Å². The van der Waals surface area contributed by atoms with Crippen molar-refractivity contribution in [2.45, 2.75) is 4.90 Å². The normalized spacial score (nSPS) is 11.3. The first-order valence-electron chi connectivity index (χ1n) is 9.05. The lowest BCUT2D eigenvalue weighted by molar-refractivity contribution is -0.118. The Labute approximate surface area is 187 Å². The number of ether oxygens (including phenoxy) is 1. The molecule has 1 heterocycles. The zero-order chi connectivity index (χ0) is 21.8. The fraction of sp³-hybridized carbons (Fsp3) is 0.0476. The van der Waals surface area contributed by atoms with Gasteiger partial charge in [0.1, 0.15) is 5.75 Å². The summed E-state index contributed by atoms with van der Waals surface area (Å²) in [7, 11) is -3.76. The topological polar surface area (TPSA) is 97.4 Å². The summed E-state index contributed by atoms with van der Waals surface area (Å²) in [4.78, 5) is 12.2. The van der Waals surface area contributed by atoms with Gasteiger partial charge in [0.15, 0.2) is 6.61 Å². The van der Waals surface area contributed by atoms with Gasteiger partial charge in [-0.05, 0) is 78.3 Å². The zero-order valence-electron chi connectivity index (χ0n) is 15.9. The second-order valence-electron chi connectivity index (χ2n) is 6.50. The van der Waals surface area contributed by atoms with Gasteiger partial charge in [-0.2, -0.15) is 4.37 Å². The molecule has 0 aliphatic heterocycles. The molecule has 0 aliphatic rings. The van der Waals surface area contributed by atoms with E-state index in [0.29, 0.717) is 22.1 Å². The van der Waals surface area contributed by atoms with Crippen molar-refractivity contribution in [3.05, 3.63) is 77.9 Å². The highest BCUT2D eigenvalue weighted by molar-refractivity contribution is 7.92. The largest absolute Gasteiger partial charge is 0.484 e. The average molecular weight is 474 g/mol. The van der Waals surface area contributed by atoms with Crippen LogP contribution in [0.3, 0.4) is 0 Å². The summed E-state index contributed by atoms with van der Waals surface area (Å²) in [6.45, 7) is -0.213. The first-order chi connectivity index (χ1) is 14.9. The van der Waals surface area contributed by atoms with E-state index < -0.39 is 10.0 Å². The molecule has 7 nitrogen and oxygen atoms in total. The van der Waals surface area contributed by atoms with Crippen LogP contribution in [0.15, 0.2) is 77.8 Å². The number of amides is 1. The van der Waals surface area contributed by atoms with E-state index in [1.165, 1.54) is 35.8 Å². The van der Waals surface area contributed by atoms with Crippen molar-refractivity contribution < 1.29 is 17.9 Å². The molecule has 1 aromatic heterocycles. The minimum Gasteiger partial charge on any atom is -0.484 e. The molecule has 3 aromatic carbocycles. The van der Waals surface area contributed by atoms with Crippen molar-refractivity contribution in [3.63, 3.8) is 0 Å². The molecule has 0 radical (unpaired) electrons.